The Balaban J connectivity index is 2.08. The molecule has 0 atom stereocenters. The van der Waals surface area contributed by atoms with Gasteiger partial charge in [0.15, 0.2) is 0 Å². The predicted octanol–water partition coefficient (Wildman–Crippen LogP) is 1.57. The van der Waals surface area contributed by atoms with Crippen LogP contribution >= 0.6 is 22.6 Å². The van der Waals surface area contributed by atoms with Crippen molar-refractivity contribution in [1.29, 1.82) is 0 Å². The lowest BCUT2D eigenvalue weighted by Crippen LogP contribution is -2.22. The molecule has 3 heteroatoms. The van der Waals surface area contributed by atoms with E-state index in [1.54, 1.807) is 0 Å². The molecule has 1 aliphatic heterocycles. The van der Waals surface area contributed by atoms with Crippen LogP contribution in [0.15, 0.2) is 0 Å². The van der Waals surface area contributed by atoms with Crippen molar-refractivity contribution in [2.75, 3.05) is 17.8 Å². The molecule has 0 N–H and O–H groups in total. The normalized spacial score (nSPS) is 22.3. The molecule has 1 fully saturated rings. The Labute approximate surface area is 69.0 Å². The Bertz CT molecular complexity index is 68.7. The van der Waals surface area contributed by atoms with Crippen LogP contribution in [0, 0.1) is 0 Å². The molecule has 1 aliphatic rings. The van der Waals surface area contributed by atoms with E-state index in [0.717, 1.165) is 30.7 Å². The van der Waals surface area contributed by atoms with Gasteiger partial charge in [0, 0.05) is 13.2 Å². The van der Waals surface area contributed by atoms with Crippen LogP contribution in [-0.2, 0) is 9.47 Å². The lowest BCUT2D eigenvalue weighted by molar-refractivity contribution is -0.0126. The fraction of sp³-hybridized carbons (Fsp3) is 1.00. The van der Waals surface area contributed by atoms with Crippen molar-refractivity contribution in [1.82, 2.24) is 0 Å². The molecule has 0 spiro atoms. The summed E-state index contributed by atoms with van der Waals surface area (Å²) in [5.41, 5.74) is 0. The van der Waals surface area contributed by atoms with E-state index in [-0.39, 0.29) is 0 Å². The van der Waals surface area contributed by atoms with E-state index in [1.165, 1.54) is 0 Å². The van der Waals surface area contributed by atoms with Crippen molar-refractivity contribution in [3.05, 3.63) is 0 Å². The van der Waals surface area contributed by atoms with Crippen molar-refractivity contribution >= 4 is 22.6 Å². The summed E-state index contributed by atoms with van der Waals surface area (Å²) in [7, 11) is 0. The Kier molecular flexibility index (Phi) is 3.85. The molecule has 0 unspecified atom stereocenters. The lowest BCUT2D eigenvalue weighted by atomic mass is 10.2. The molecule has 1 saturated heterocycles. The molecule has 2 nitrogen and oxygen atoms in total. The zero-order chi connectivity index (χ0) is 6.53. The molecule has 0 saturated carbocycles. The zero-order valence-electron chi connectivity index (χ0n) is 5.31. The summed E-state index contributed by atoms with van der Waals surface area (Å²) >= 11 is 2.23. The van der Waals surface area contributed by atoms with Gasteiger partial charge in [-0.25, -0.2) is 0 Å². The van der Waals surface area contributed by atoms with E-state index in [9.17, 15) is 0 Å². The van der Waals surface area contributed by atoms with E-state index in [1.807, 2.05) is 0 Å². The number of halogens is 1. The number of alkyl halides is 1. The highest BCUT2D eigenvalue weighted by Gasteiger charge is 2.12. The molecule has 0 amide bonds. The van der Waals surface area contributed by atoms with Gasteiger partial charge in [-0.2, -0.15) is 0 Å². The predicted molar refractivity (Wildman–Crippen MR) is 43.8 cm³/mol. The van der Waals surface area contributed by atoms with Crippen molar-refractivity contribution in [2.45, 2.75) is 18.9 Å². The van der Waals surface area contributed by atoms with Crippen LogP contribution in [-0.4, -0.2) is 23.9 Å². The van der Waals surface area contributed by atoms with Crippen LogP contribution in [0.3, 0.4) is 0 Å². The molecule has 0 aliphatic carbocycles. The molecule has 1 rings (SSSR count). The largest absolute Gasteiger partial charge is 0.381 e. The van der Waals surface area contributed by atoms with Crippen molar-refractivity contribution in [3.8, 4) is 0 Å². The zero-order valence-corrected chi connectivity index (χ0v) is 7.46. The van der Waals surface area contributed by atoms with Crippen LogP contribution in [0.2, 0.25) is 0 Å². The third kappa shape index (κ3) is 2.82. The number of ether oxygens (including phenoxy) is 2. The minimum absolute atomic E-state index is 0.468. The van der Waals surface area contributed by atoms with Gasteiger partial charge in [-0.15, -0.1) is 0 Å². The summed E-state index contributed by atoms with van der Waals surface area (Å²) in [6, 6.07) is 0. The molecule has 0 aromatic heterocycles. The Morgan fingerprint density at radius 3 is 2.67 bits per heavy atom. The summed E-state index contributed by atoms with van der Waals surface area (Å²) in [5.74, 6) is 0. The molecule has 0 bridgehead atoms. The standard InChI is InChI=1S/C6H11IO2/c7-5-9-6-1-3-8-4-2-6/h6H,1-5H2. The van der Waals surface area contributed by atoms with Gasteiger partial charge in [-0.1, -0.05) is 22.6 Å². The van der Waals surface area contributed by atoms with Gasteiger partial charge in [0.2, 0.25) is 0 Å². The van der Waals surface area contributed by atoms with E-state index < -0.39 is 0 Å². The first kappa shape index (κ1) is 7.75. The van der Waals surface area contributed by atoms with Gasteiger partial charge in [0.1, 0.15) is 0 Å². The first-order valence-corrected chi connectivity index (χ1v) is 4.71. The lowest BCUT2D eigenvalue weighted by Gasteiger charge is -2.20. The fourth-order valence-corrected chi connectivity index (χ4v) is 1.44. The topological polar surface area (TPSA) is 18.5 Å². The van der Waals surface area contributed by atoms with Crippen LogP contribution in [0.5, 0.6) is 0 Å². The number of hydrogen-bond donors (Lipinski definition) is 0. The molecule has 0 aromatic rings. The maximum atomic E-state index is 5.39. The molecule has 54 valence electrons. The minimum Gasteiger partial charge on any atom is -0.381 e. The third-order valence-corrected chi connectivity index (χ3v) is 1.83. The second kappa shape index (κ2) is 4.46. The number of hydrogen-bond acceptors (Lipinski definition) is 2. The first-order valence-electron chi connectivity index (χ1n) is 3.19. The van der Waals surface area contributed by atoms with Gasteiger partial charge in [-0.3, -0.25) is 0 Å². The molecular weight excluding hydrogens is 231 g/mol. The van der Waals surface area contributed by atoms with Crippen LogP contribution in [0.25, 0.3) is 0 Å². The maximum absolute atomic E-state index is 5.39. The van der Waals surface area contributed by atoms with Gasteiger partial charge in [-0.05, 0) is 12.8 Å². The van der Waals surface area contributed by atoms with E-state index >= 15 is 0 Å². The monoisotopic (exact) mass is 242 g/mol. The highest BCUT2D eigenvalue weighted by molar-refractivity contribution is 14.1. The second-order valence-corrected chi connectivity index (χ2v) is 2.71. The van der Waals surface area contributed by atoms with Gasteiger partial charge in [0.05, 0.1) is 10.7 Å². The van der Waals surface area contributed by atoms with E-state index in [2.05, 4.69) is 22.6 Å². The van der Waals surface area contributed by atoms with Crippen molar-refractivity contribution < 1.29 is 9.47 Å². The smallest absolute Gasteiger partial charge is 0.0983 e. The summed E-state index contributed by atoms with van der Waals surface area (Å²) in [6.07, 6.45) is 2.61. The average molecular weight is 242 g/mol. The minimum atomic E-state index is 0.468. The van der Waals surface area contributed by atoms with Gasteiger partial charge >= 0.3 is 0 Å². The maximum Gasteiger partial charge on any atom is 0.0983 e. The Morgan fingerprint density at radius 1 is 1.44 bits per heavy atom. The Morgan fingerprint density at radius 2 is 2.11 bits per heavy atom. The van der Waals surface area contributed by atoms with E-state index in [4.69, 9.17) is 9.47 Å². The highest BCUT2D eigenvalue weighted by Crippen LogP contribution is 2.10. The summed E-state index contributed by atoms with van der Waals surface area (Å²) < 4.78 is 11.4. The molecular formula is C6H11IO2. The average Bonchev–Trinajstić information content (AvgIpc) is 1.91. The van der Waals surface area contributed by atoms with Crippen LogP contribution in [0.1, 0.15) is 12.8 Å². The summed E-state index contributed by atoms with van der Waals surface area (Å²) in [4.78, 5) is 0. The molecule has 0 radical (unpaired) electrons. The highest BCUT2D eigenvalue weighted by atomic mass is 127. The van der Waals surface area contributed by atoms with Gasteiger partial charge in [0.25, 0.3) is 0 Å². The molecule has 9 heavy (non-hydrogen) atoms. The quantitative estimate of drug-likeness (QED) is 0.540. The summed E-state index contributed by atoms with van der Waals surface area (Å²) in [5, 5.41) is 0. The summed E-state index contributed by atoms with van der Waals surface area (Å²) in [6.45, 7) is 1.75. The van der Waals surface area contributed by atoms with Crippen LogP contribution in [0.4, 0.5) is 0 Å². The SMILES string of the molecule is ICOC1CCOCC1. The molecule has 1 heterocycles. The first-order chi connectivity index (χ1) is 4.43. The molecule has 0 aromatic carbocycles. The third-order valence-electron chi connectivity index (χ3n) is 1.47. The fourth-order valence-electron chi connectivity index (χ4n) is 0.932. The second-order valence-electron chi connectivity index (χ2n) is 2.09. The van der Waals surface area contributed by atoms with E-state index in [0.29, 0.717) is 6.10 Å². The van der Waals surface area contributed by atoms with Crippen molar-refractivity contribution in [2.24, 2.45) is 0 Å². The Hall–Kier alpha value is 0.650. The van der Waals surface area contributed by atoms with Gasteiger partial charge < -0.3 is 9.47 Å². The van der Waals surface area contributed by atoms with Crippen molar-refractivity contribution in [3.63, 3.8) is 0 Å². The van der Waals surface area contributed by atoms with Crippen LogP contribution < -0.4 is 0 Å². The number of rotatable bonds is 2.